The number of benzene rings is 1. The SMILES string of the molecule is CCCOCCOC(=O)c1cc(F)c(F)cc1N. The van der Waals surface area contributed by atoms with Crippen molar-refractivity contribution in [1.82, 2.24) is 0 Å². The Bertz CT molecular complexity index is 424. The summed E-state index contributed by atoms with van der Waals surface area (Å²) >= 11 is 0. The first kappa shape index (κ1) is 14.4. The summed E-state index contributed by atoms with van der Waals surface area (Å²) in [6.07, 6.45) is 0.865. The Kier molecular flexibility index (Phi) is 5.51. The maximum Gasteiger partial charge on any atom is 0.340 e. The summed E-state index contributed by atoms with van der Waals surface area (Å²) in [6, 6.07) is 1.47. The average Bonchev–Trinajstić information content (AvgIpc) is 2.33. The number of carbonyl (C=O) groups is 1. The van der Waals surface area contributed by atoms with E-state index >= 15 is 0 Å². The highest BCUT2D eigenvalue weighted by atomic mass is 19.2. The van der Waals surface area contributed by atoms with E-state index in [0.717, 1.165) is 18.6 Å². The van der Waals surface area contributed by atoms with Crippen molar-refractivity contribution in [3.05, 3.63) is 29.3 Å². The molecule has 0 atom stereocenters. The fourth-order valence-electron chi connectivity index (χ4n) is 1.26. The minimum absolute atomic E-state index is 0.0390. The Morgan fingerprint density at radius 3 is 2.56 bits per heavy atom. The normalized spacial score (nSPS) is 10.4. The van der Waals surface area contributed by atoms with E-state index in [2.05, 4.69) is 0 Å². The topological polar surface area (TPSA) is 61.5 Å². The van der Waals surface area contributed by atoms with Gasteiger partial charge in [-0.2, -0.15) is 0 Å². The van der Waals surface area contributed by atoms with Crippen LogP contribution in [0.3, 0.4) is 0 Å². The fourth-order valence-corrected chi connectivity index (χ4v) is 1.26. The van der Waals surface area contributed by atoms with Gasteiger partial charge in [-0.3, -0.25) is 0 Å². The van der Waals surface area contributed by atoms with Gasteiger partial charge in [0.15, 0.2) is 11.6 Å². The van der Waals surface area contributed by atoms with Crippen LogP contribution in [0.25, 0.3) is 0 Å². The summed E-state index contributed by atoms with van der Waals surface area (Å²) in [6.45, 7) is 2.82. The second-order valence-corrected chi connectivity index (χ2v) is 3.60. The first-order valence-electron chi connectivity index (χ1n) is 5.55. The van der Waals surface area contributed by atoms with E-state index in [1.54, 1.807) is 0 Å². The van der Waals surface area contributed by atoms with Crippen LogP contribution in [0.1, 0.15) is 23.7 Å². The lowest BCUT2D eigenvalue weighted by Gasteiger charge is -2.07. The smallest absolute Gasteiger partial charge is 0.340 e. The summed E-state index contributed by atoms with van der Waals surface area (Å²) in [5.74, 6) is -3.04. The number of nitrogen functional groups attached to an aromatic ring is 1. The Labute approximate surface area is 104 Å². The van der Waals surface area contributed by atoms with Gasteiger partial charge in [0.2, 0.25) is 0 Å². The number of nitrogens with two attached hydrogens (primary N) is 1. The molecule has 1 aromatic rings. The van der Waals surface area contributed by atoms with Gasteiger partial charge in [0.05, 0.1) is 12.2 Å². The van der Waals surface area contributed by atoms with Crippen LogP contribution in [-0.2, 0) is 9.47 Å². The molecule has 6 heteroatoms. The fraction of sp³-hybridized carbons (Fsp3) is 0.417. The van der Waals surface area contributed by atoms with Crippen molar-refractivity contribution >= 4 is 11.7 Å². The lowest BCUT2D eigenvalue weighted by atomic mass is 10.1. The third kappa shape index (κ3) is 3.96. The molecule has 0 spiro atoms. The molecule has 0 bridgehead atoms. The van der Waals surface area contributed by atoms with Crippen molar-refractivity contribution in [3.8, 4) is 0 Å². The van der Waals surface area contributed by atoms with Crippen LogP contribution in [-0.4, -0.2) is 25.8 Å². The van der Waals surface area contributed by atoms with Gasteiger partial charge in [-0.15, -0.1) is 0 Å². The highest BCUT2D eigenvalue weighted by molar-refractivity contribution is 5.95. The second-order valence-electron chi connectivity index (χ2n) is 3.60. The van der Waals surface area contributed by atoms with E-state index in [4.69, 9.17) is 15.2 Å². The summed E-state index contributed by atoms with van der Waals surface area (Å²) < 4.78 is 35.6. The zero-order valence-electron chi connectivity index (χ0n) is 10.0. The lowest BCUT2D eigenvalue weighted by molar-refractivity contribution is 0.0319. The van der Waals surface area contributed by atoms with Gasteiger partial charge >= 0.3 is 5.97 Å². The Hall–Kier alpha value is -1.69. The molecule has 2 N–H and O–H groups in total. The molecule has 0 amide bonds. The third-order valence-corrected chi connectivity index (χ3v) is 2.12. The van der Waals surface area contributed by atoms with Crippen molar-refractivity contribution in [2.24, 2.45) is 0 Å². The molecular formula is C12H15F2NO3. The van der Waals surface area contributed by atoms with Crippen LogP contribution in [0.5, 0.6) is 0 Å². The van der Waals surface area contributed by atoms with Crippen LogP contribution in [0.2, 0.25) is 0 Å². The number of carbonyl (C=O) groups excluding carboxylic acids is 1. The maximum atomic E-state index is 12.9. The number of halogens is 2. The number of anilines is 1. The summed E-state index contributed by atoms with van der Waals surface area (Å²) in [5, 5.41) is 0. The van der Waals surface area contributed by atoms with Crippen LogP contribution < -0.4 is 5.73 Å². The van der Waals surface area contributed by atoms with Crippen LogP contribution >= 0.6 is 0 Å². The van der Waals surface area contributed by atoms with Crippen molar-refractivity contribution in [3.63, 3.8) is 0 Å². The molecule has 0 saturated heterocycles. The van der Waals surface area contributed by atoms with Gasteiger partial charge in [0.1, 0.15) is 6.61 Å². The highest BCUT2D eigenvalue weighted by Crippen LogP contribution is 2.17. The minimum atomic E-state index is -1.14. The number of hydrogen-bond donors (Lipinski definition) is 1. The number of rotatable bonds is 6. The zero-order valence-corrected chi connectivity index (χ0v) is 10.0. The molecule has 18 heavy (non-hydrogen) atoms. The molecule has 1 aromatic carbocycles. The average molecular weight is 259 g/mol. The molecule has 0 radical (unpaired) electrons. The predicted molar refractivity (Wildman–Crippen MR) is 62.2 cm³/mol. The van der Waals surface area contributed by atoms with E-state index in [0.29, 0.717) is 6.61 Å². The summed E-state index contributed by atoms with van der Waals surface area (Å²) in [4.78, 5) is 11.5. The van der Waals surface area contributed by atoms with Gasteiger partial charge in [-0.05, 0) is 12.5 Å². The van der Waals surface area contributed by atoms with Gasteiger partial charge in [-0.1, -0.05) is 6.92 Å². The third-order valence-electron chi connectivity index (χ3n) is 2.12. The van der Waals surface area contributed by atoms with Crippen LogP contribution in [0.4, 0.5) is 14.5 Å². The maximum absolute atomic E-state index is 12.9. The largest absolute Gasteiger partial charge is 0.460 e. The van der Waals surface area contributed by atoms with E-state index in [9.17, 15) is 13.6 Å². The van der Waals surface area contributed by atoms with Crippen molar-refractivity contribution in [1.29, 1.82) is 0 Å². The molecule has 4 nitrogen and oxygen atoms in total. The van der Waals surface area contributed by atoms with Crippen molar-refractivity contribution in [2.75, 3.05) is 25.6 Å². The minimum Gasteiger partial charge on any atom is -0.460 e. The van der Waals surface area contributed by atoms with Gasteiger partial charge in [0.25, 0.3) is 0 Å². The molecule has 0 heterocycles. The molecule has 0 fully saturated rings. The molecule has 0 unspecified atom stereocenters. The van der Waals surface area contributed by atoms with Crippen LogP contribution in [0, 0.1) is 11.6 Å². The molecule has 0 aliphatic heterocycles. The lowest BCUT2D eigenvalue weighted by Crippen LogP contribution is -2.13. The standard InChI is InChI=1S/C12H15F2NO3/c1-2-3-17-4-5-18-12(16)8-6-9(13)10(14)7-11(8)15/h6-7H,2-5,15H2,1H3. The number of hydrogen-bond acceptors (Lipinski definition) is 4. The first-order chi connectivity index (χ1) is 8.56. The van der Waals surface area contributed by atoms with E-state index in [1.807, 2.05) is 6.92 Å². The molecule has 0 aliphatic rings. The molecular weight excluding hydrogens is 244 g/mol. The molecule has 100 valence electrons. The first-order valence-corrected chi connectivity index (χ1v) is 5.55. The number of ether oxygens (including phenoxy) is 2. The van der Waals surface area contributed by atoms with Gasteiger partial charge in [-0.25, -0.2) is 13.6 Å². The highest BCUT2D eigenvalue weighted by Gasteiger charge is 2.15. The van der Waals surface area contributed by atoms with Crippen molar-refractivity contribution in [2.45, 2.75) is 13.3 Å². The molecule has 0 saturated carbocycles. The van der Waals surface area contributed by atoms with Gasteiger partial charge < -0.3 is 15.2 Å². The zero-order chi connectivity index (χ0) is 13.5. The summed E-state index contributed by atoms with van der Waals surface area (Å²) in [7, 11) is 0. The number of esters is 1. The Morgan fingerprint density at radius 1 is 1.22 bits per heavy atom. The van der Waals surface area contributed by atoms with Gasteiger partial charge in [0, 0.05) is 18.4 Å². The molecule has 1 rings (SSSR count). The van der Waals surface area contributed by atoms with Crippen molar-refractivity contribution < 1.29 is 23.0 Å². The Balaban J connectivity index is 2.54. The predicted octanol–water partition coefficient (Wildman–Crippen LogP) is 2.13. The second kappa shape index (κ2) is 6.90. The molecule has 0 aliphatic carbocycles. The van der Waals surface area contributed by atoms with E-state index < -0.39 is 17.6 Å². The monoisotopic (exact) mass is 259 g/mol. The molecule has 0 aromatic heterocycles. The quantitative estimate of drug-likeness (QED) is 0.483. The van der Waals surface area contributed by atoms with E-state index in [1.165, 1.54) is 0 Å². The van der Waals surface area contributed by atoms with E-state index in [-0.39, 0.29) is 24.5 Å². The Morgan fingerprint density at radius 2 is 1.89 bits per heavy atom. The van der Waals surface area contributed by atoms with Crippen LogP contribution in [0.15, 0.2) is 12.1 Å². The summed E-state index contributed by atoms with van der Waals surface area (Å²) in [5.41, 5.74) is 5.06.